The minimum absolute atomic E-state index is 0.0904. The van der Waals surface area contributed by atoms with Crippen LogP contribution in [-0.2, 0) is 11.2 Å². The maximum absolute atomic E-state index is 12.7. The Morgan fingerprint density at radius 3 is 2.86 bits per heavy atom. The molecule has 2 aromatic rings. The lowest BCUT2D eigenvalue weighted by molar-refractivity contribution is -0.132. The third kappa shape index (κ3) is 3.11. The Balaban J connectivity index is 1.66. The topological polar surface area (TPSA) is 42.4 Å². The number of pyridine rings is 1. The van der Waals surface area contributed by atoms with E-state index in [4.69, 9.17) is 4.74 Å². The van der Waals surface area contributed by atoms with Gasteiger partial charge in [0.05, 0.1) is 12.5 Å². The van der Waals surface area contributed by atoms with E-state index in [1.807, 2.05) is 48.3 Å². The van der Waals surface area contributed by atoms with Crippen LogP contribution in [0.4, 0.5) is 0 Å². The molecule has 2 heterocycles. The van der Waals surface area contributed by atoms with Gasteiger partial charge in [-0.25, -0.2) is 0 Å². The molecule has 0 saturated carbocycles. The molecule has 0 N–H and O–H groups in total. The largest absolute Gasteiger partial charge is 0.493 e. The molecule has 114 valence electrons. The van der Waals surface area contributed by atoms with Crippen molar-refractivity contribution in [2.75, 3.05) is 20.2 Å². The van der Waals surface area contributed by atoms with Crippen LogP contribution in [-0.4, -0.2) is 36.0 Å². The summed E-state index contributed by atoms with van der Waals surface area (Å²) in [6, 6.07) is 11.8. The van der Waals surface area contributed by atoms with Crippen LogP contribution < -0.4 is 4.74 Å². The number of carbonyl (C=O) groups is 1. The standard InChI is InChI=1S/C18H20N2O2/c1-20(12-8-14-6-10-19-11-7-14)18(21)16-9-13-22-17-5-3-2-4-15(16)17/h2-7,10-11,16H,8-9,12-13H2,1H3. The van der Waals surface area contributed by atoms with Crippen molar-refractivity contribution in [3.63, 3.8) is 0 Å². The number of aromatic nitrogens is 1. The second-order valence-corrected chi connectivity index (χ2v) is 5.59. The summed E-state index contributed by atoms with van der Waals surface area (Å²) < 4.78 is 5.64. The van der Waals surface area contributed by atoms with Crippen molar-refractivity contribution in [1.29, 1.82) is 0 Å². The number of para-hydroxylation sites is 1. The van der Waals surface area contributed by atoms with Gasteiger partial charge in [0, 0.05) is 31.5 Å². The summed E-state index contributed by atoms with van der Waals surface area (Å²) in [4.78, 5) is 18.6. The lowest BCUT2D eigenvalue weighted by Crippen LogP contribution is -2.35. The van der Waals surface area contributed by atoms with E-state index in [9.17, 15) is 4.79 Å². The number of amides is 1. The molecule has 0 radical (unpaired) electrons. The molecule has 1 aromatic heterocycles. The van der Waals surface area contributed by atoms with Crippen molar-refractivity contribution in [2.45, 2.75) is 18.8 Å². The van der Waals surface area contributed by atoms with E-state index in [1.165, 1.54) is 5.56 Å². The highest BCUT2D eigenvalue weighted by Gasteiger charge is 2.29. The average Bonchev–Trinajstić information content (AvgIpc) is 2.59. The van der Waals surface area contributed by atoms with Gasteiger partial charge < -0.3 is 9.64 Å². The SMILES string of the molecule is CN(CCc1ccncc1)C(=O)C1CCOc2ccccc21. The van der Waals surface area contributed by atoms with Crippen molar-refractivity contribution in [3.8, 4) is 5.75 Å². The first kappa shape index (κ1) is 14.6. The Hall–Kier alpha value is -2.36. The third-order valence-electron chi connectivity index (χ3n) is 4.12. The zero-order valence-electron chi connectivity index (χ0n) is 12.7. The molecular formula is C18H20N2O2. The van der Waals surface area contributed by atoms with Gasteiger partial charge in [-0.2, -0.15) is 0 Å². The van der Waals surface area contributed by atoms with Crippen LogP contribution >= 0.6 is 0 Å². The monoisotopic (exact) mass is 296 g/mol. The van der Waals surface area contributed by atoms with Crippen LogP contribution in [0, 0.1) is 0 Å². The predicted octanol–water partition coefficient (Wildman–Crippen LogP) is 2.65. The number of hydrogen-bond donors (Lipinski definition) is 0. The van der Waals surface area contributed by atoms with E-state index in [-0.39, 0.29) is 11.8 Å². The Morgan fingerprint density at radius 2 is 2.05 bits per heavy atom. The number of benzene rings is 1. The van der Waals surface area contributed by atoms with Gasteiger partial charge >= 0.3 is 0 Å². The highest BCUT2D eigenvalue weighted by Crippen LogP contribution is 2.34. The Bertz CT molecular complexity index is 643. The number of likely N-dealkylation sites (N-methyl/N-ethyl adjacent to an activating group) is 1. The maximum atomic E-state index is 12.7. The summed E-state index contributed by atoms with van der Waals surface area (Å²) in [5.41, 5.74) is 2.21. The maximum Gasteiger partial charge on any atom is 0.230 e. The van der Waals surface area contributed by atoms with E-state index < -0.39 is 0 Å². The first-order valence-corrected chi connectivity index (χ1v) is 7.61. The molecule has 0 saturated heterocycles. The van der Waals surface area contributed by atoms with Crippen LogP contribution in [0.25, 0.3) is 0 Å². The minimum Gasteiger partial charge on any atom is -0.493 e. The second-order valence-electron chi connectivity index (χ2n) is 5.59. The summed E-state index contributed by atoms with van der Waals surface area (Å²) >= 11 is 0. The van der Waals surface area contributed by atoms with Crippen molar-refractivity contribution in [1.82, 2.24) is 9.88 Å². The van der Waals surface area contributed by atoms with E-state index in [2.05, 4.69) is 4.98 Å². The van der Waals surface area contributed by atoms with Gasteiger partial charge in [0.1, 0.15) is 5.75 Å². The first-order chi connectivity index (χ1) is 10.8. The molecule has 1 aliphatic rings. The van der Waals surface area contributed by atoms with Gasteiger partial charge in [-0.15, -0.1) is 0 Å². The number of rotatable bonds is 4. The number of carbonyl (C=O) groups excluding carboxylic acids is 1. The summed E-state index contributed by atoms with van der Waals surface area (Å²) in [6.45, 7) is 1.31. The fourth-order valence-electron chi connectivity index (χ4n) is 2.82. The summed E-state index contributed by atoms with van der Waals surface area (Å²) in [5, 5.41) is 0. The molecule has 1 aliphatic heterocycles. The zero-order valence-corrected chi connectivity index (χ0v) is 12.7. The summed E-state index contributed by atoms with van der Waals surface area (Å²) in [7, 11) is 1.88. The molecule has 0 bridgehead atoms. The smallest absolute Gasteiger partial charge is 0.230 e. The fraction of sp³-hybridized carbons (Fsp3) is 0.333. The lowest BCUT2D eigenvalue weighted by atomic mass is 9.92. The molecule has 0 fully saturated rings. The van der Waals surface area contributed by atoms with Gasteiger partial charge in [-0.1, -0.05) is 18.2 Å². The Kier molecular flexibility index (Phi) is 4.37. The quantitative estimate of drug-likeness (QED) is 0.871. The molecule has 4 heteroatoms. The minimum atomic E-state index is -0.0904. The highest BCUT2D eigenvalue weighted by atomic mass is 16.5. The fourth-order valence-corrected chi connectivity index (χ4v) is 2.82. The van der Waals surface area contributed by atoms with Crippen molar-refractivity contribution in [3.05, 3.63) is 59.9 Å². The molecule has 4 nitrogen and oxygen atoms in total. The molecule has 22 heavy (non-hydrogen) atoms. The van der Waals surface area contributed by atoms with Gasteiger partial charge in [-0.3, -0.25) is 9.78 Å². The van der Waals surface area contributed by atoms with Crippen LogP contribution in [0.2, 0.25) is 0 Å². The normalized spacial score (nSPS) is 16.5. The number of fused-ring (bicyclic) bond motifs is 1. The average molecular weight is 296 g/mol. The molecule has 1 unspecified atom stereocenters. The van der Waals surface area contributed by atoms with Gasteiger partial charge in [0.15, 0.2) is 0 Å². The molecule has 0 aliphatic carbocycles. The zero-order chi connectivity index (χ0) is 15.4. The van der Waals surface area contributed by atoms with E-state index >= 15 is 0 Å². The summed E-state index contributed by atoms with van der Waals surface area (Å²) in [6.07, 6.45) is 5.16. The van der Waals surface area contributed by atoms with Crippen LogP contribution in [0.3, 0.4) is 0 Å². The number of ether oxygens (including phenoxy) is 1. The molecule has 3 rings (SSSR count). The molecule has 1 aromatic carbocycles. The van der Waals surface area contributed by atoms with Gasteiger partial charge in [-0.05, 0) is 36.6 Å². The first-order valence-electron chi connectivity index (χ1n) is 7.61. The van der Waals surface area contributed by atoms with Crippen molar-refractivity contribution < 1.29 is 9.53 Å². The highest BCUT2D eigenvalue weighted by molar-refractivity contribution is 5.84. The van der Waals surface area contributed by atoms with Crippen LogP contribution in [0.1, 0.15) is 23.5 Å². The van der Waals surface area contributed by atoms with Crippen LogP contribution in [0.5, 0.6) is 5.75 Å². The Labute approximate surface area is 130 Å². The molecular weight excluding hydrogens is 276 g/mol. The Morgan fingerprint density at radius 1 is 1.27 bits per heavy atom. The number of hydrogen-bond acceptors (Lipinski definition) is 3. The predicted molar refractivity (Wildman–Crippen MR) is 84.9 cm³/mol. The number of nitrogens with zero attached hydrogens (tertiary/aromatic N) is 2. The summed E-state index contributed by atoms with van der Waals surface area (Å²) in [5.74, 6) is 0.923. The molecule has 1 atom stereocenters. The van der Waals surface area contributed by atoms with E-state index in [0.29, 0.717) is 13.2 Å². The molecule has 1 amide bonds. The lowest BCUT2D eigenvalue weighted by Gasteiger charge is -2.28. The van der Waals surface area contributed by atoms with E-state index in [1.54, 1.807) is 12.4 Å². The second kappa shape index (κ2) is 6.60. The van der Waals surface area contributed by atoms with Crippen molar-refractivity contribution >= 4 is 5.91 Å². The van der Waals surface area contributed by atoms with Gasteiger partial charge in [0.25, 0.3) is 0 Å². The third-order valence-corrected chi connectivity index (χ3v) is 4.12. The molecule has 0 spiro atoms. The van der Waals surface area contributed by atoms with Crippen LogP contribution in [0.15, 0.2) is 48.8 Å². The van der Waals surface area contributed by atoms with E-state index in [0.717, 1.165) is 24.2 Å². The van der Waals surface area contributed by atoms with Gasteiger partial charge in [0.2, 0.25) is 5.91 Å². The van der Waals surface area contributed by atoms with Crippen molar-refractivity contribution in [2.24, 2.45) is 0 Å².